The molecule has 1 N–H and O–H groups in total. The van der Waals surface area contributed by atoms with E-state index in [0.717, 1.165) is 16.1 Å². The fourth-order valence-corrected chi connectivity index (χ4v) is 4.82. The molecule has 0 saturated carbocycles. The molecule has 0 aromatic heterocycles. The molecule has 0 fully saturated rings. The molecule has 0 saturated heterocycles. The van der Waals surface area contributed by atoms with Crippen LogP contribution in [0.1, 0.15) is 44.7 Å². The van der Waals surface area contributed by atoms with Gasteiger partial charge < -0.3 is 14.8 Å². The number of sulfonamides is 1. The standard InChI is InChI=1S/C23H29FN2O5S/c1-23(2)15-19(17-14-16(30-3)11-12-21(17)31-23)25-22(27)10-7-13-26(32(4,28)29)20-9-6-5-8-18(20)24/h5-6,8-9,11-12,14,19H,7,10,13,15H2,1-4H3,(H,25,27)/t19-/m0/s1. The lowest BCUT2D eigenvalue weighted by Crippen LogP contribution is -2.41. The van der Waals surface area contributed by atoms with Crippen molar-refractivity contribution in [3.8, 4) is 11.5 Å². The van der Waals surface area contributed by atoms with E-state index in [2.05, 4.69) is 5.32 Å². The monoisotopic (exact) mass is 464 g/mol. The van der Waals surface area contributed by atoms with Crippen LogP contribution in [0.5, 0.6) is 11.5 Å². The average molecular weight is 465 g/mol. The summed E-state index contributed by atoms with van der Waals surface area (Å²) in [7, 11) is -2.12. The Balaban J connectivity index is 1.67. The van der Waals surface area contributed by atoms with Crippen molar-refractivity contribution >= 4 is 21.6 Å². The molecule has 3 rings (SSSR count). The van der Waals surface area contributed by atoms with E-state index >= 15 is 0 Å². The van der Waals surface area contributed by atoms with Crippen molar-refractivity contribution in [2.24, 2.45) is 0 Å². The van der Waals surface area contributed by atoms with Gasteiger partial charge in [0.2, 0.25) is 15.9 Å². The molecule has 1 atom stereocenters. The second-order valence-corrected chi connectivity index (χ2v) is 10.4. The first-order valence-electron chi connectivity index (χ1n) is 10.4. The number of hydrogen-bond acceptors (Lipinski definition) is 5. The summed E-state index contributed by atoms with van der Waals surface area (Å²) in [6.07, 6.45) is 1.93. The van der Waals surface area contributed by atoms with E-state index in [0.29, 0.717) is 17.9 Å². The number of carbonyl (C=O) groups excluding carboxylic acids is 1. The Morgan fingerprint density at radius 3 is 2.66 bits per heavy atom. The minimum Gasteiger partial charge on any atom is -0.497 e. The van der Waals surface area contributed by atoms with Gasteiger partial charge in [0, 0.05) is 24.9 Å². The molecular formula is C23H29FN2O5S. The minimum atomic E-state index is -3.70. The number of halogens is 1. The summed E-state index contributed by atoms with van der Waals surface area (Å²) >= 11 is 0. The van der Waals surface area contributed by atoms with E-state index in [1.807, 2.05) is 32.0 Å². The Kier molecular flexibility index (Phi) is 6.97. The topological polar surface area (TPSA) is 84.9 Å². The number of methoxy groups -OCH3 is 1. The van der Waals surface area contributed by atoms with Crippen LogP contribution in [0, 0.1) is 5.82 Å². The maximum atomic E-state index is 14.1. The van der Waals surface area contributed by atoms with Gasteiger partial charge in [0.05, 0.1) is 25.1 Å². The summed E-state index contributed by atoms with van der Waals surface area (Å²) in [5.74, 6) is 0.510. The van der Waals surface area contributed by atoms with E-state index < -0.39 is 21.4 Å². The number of para-hydroxylation sites is 1. The van der Waals surface area contributed by atoms with Gasteiger partial charge in [-0.15, -0.1) is 0 Å². The van der Waals surface area contributed by atoms with Crippen LogP contribution < -0.4 is 19.1 Å². The predicted octanol–water partition coefficient (Wildman–Crippen LogP) is 3.80. The highest BCUT2D eigenvalue weighted by molar-refractivity contribution is 7.92. The minimum absolute atomic E-state index is 0.00311. The molecule has 0 radical (unpaired) electrons. The van der Waals surface area contributed by atoms with Gasteiger partial charge in [-0.1, -0.05) is 12.1 Å². The average Bonchev–Trinajstić information content (AvgIpc) is 2.70. The maximum absolute atomic E-state index is 14.1. The van der Waals surface area contributed by atoms with E-state index in [9.17, 15) is 17.6 Å². The zero-order chi connectivity index (χ0) is 23.5. The molecule has 0 aliphatic carbocycles. The van der Waals surface area contributed by atoms with Crippen molar-refractivity contribution in [2.45, 2.75) is 44.8 Å². The van der Waals surface area contributed by atoms with Crippen molar-refractivity contribution in [3.63, 3.8) is 0 Å². The highest BCUT2D eigenvalue weighted by Gasteiger charge is 2.34. The normalized spacial score (nSPS) is 17.1. The fourth-order valence-electron chi connectivity index (χ4n) is 3.86. The summed E-state index contributed by atoms with van der Waals surface area (Å²) in [6, 6.07) is 10.9. The second-order valence-electron chi connectivity index (χ2n) is 8.48. The molecular weight excluding hydrogens is 435 g/mol. The Labute approximate surface area is 188 Å². The zero-order valence-corrected chi connectivity index (χ0v) is 19.5. The number of fused-ring (bicyclic) bond motifs is 1. The number of nitrogens with one attached hydrogen (secondary N) is 1. The van der Waals surface area contributed by atoms with E-state index in [1.165, 1.54) is 18.2 Å². The molecule has 0 bridgehead atoms. The Morgan fingerprint density at radius 2 is 2.00 bits per heavy atom. The lowest BCUT2D eigenvalue weighted by Gasteiger charge is -2.38. The van der Waals surface area contributed by atoms with Crippen molar-refractivity contribution < 1.29 is 27.1 Å². The van der Waals surface area contributed by atoms with Gasteiger partial charge >= 0.3 is 0 Å². The Morgan fingerprint density at radius 1 is 1.28 bits per heavy atom. The highest BCUT2D eigenvalue weighted by Crippen LogP contribution is 2.41. The van der Waals surface area contributed by atoms with Crippen LogP contribution in [-0.4, -0.2) is 39.8 Å². The molecule has 32 heavy (non-hydrogen) atoms. The number of anilines is 1. The second kappa shape index (κ2) is 9.36. The number of nitrogens with zero attached hydrogens (tertiary/aromatic N) is 1. The van der Waals surface area contributed by atoms with Crippen LogP contribution in [0.2, 0.25) is 0 Å². The van der Waals surface area contributed by atoms with Gasteiger partial charge in [0.15, 0.2) is 0 Å². The maximum Gasteiger partial charge on any atom is 0.232 e. The molecule has 0 spiro atoms. The van der Waals surface area contributed by atoms with Crippen molar-refractivity contribution in [1.29, 1.82) is 0 Å². The summed E-state index contributed by atoms with van der Waals surface area (Å²) in [5, 5.41) is 3.03. The molecule has 9 heteroatoms. The van der Waals surface area contributed by atoms with E-state index in [-0.39, 0.29) is 37.0 Å². The van der Waals surface area contributed by atoms with E-state index in [1.54, 1.807) is 13.2 Å². The van der Waals surface area contributed by atoms with E-state index in [4.69, 9.17) is 9.47 Å². The van der Waals surface area contributed by atoms with Crippen LogP contribution in [0.15, 0.2) is 42.5 Å². The summed E-state index contributed by atoms with van der Waals surface area (Å²) in [5.41, 5.74) is 0.348. The number of carbonyl (C=O) groups is 1. The number of hydrogen-bond donors (Lipinski definition) is 1. The highest BCUT2D eigenvalue weighted by atomic mass is 32.2. The molecule has 0 unspecified atom stereocenters. The fraction of sp³-hybridized carbons (Fsp3) is 0.435. The van der Waals surface area contributed by atoms with Crippen LogP contribution in [0.25, 0.3) is 0 Å². The lowest BCUT2D eigenvalue weighted by atomic mass is 9.89. The van der Waals surface area contributed by atoms with Gasteiger partial charge in [-0.25, -0.2) is 12.8 Å². The number of rotatable bonds is 8. The SMILES string of the molecule is COc1ccc2c(c1)[C@@H](NC(=O)CCCN(c1ccccc1F)S(C)(=O)=O)CC(C)(C)O2. The van der Waals surface area contributed by atoms with Crippen LogP contribution in [0.3, 0.4) is 0 Å². The van der Waals surface area contributed by atoms with Crippen molar-refractivity contribution in [3.05, 3.63) is 53.8 Å². The molecule has 1 amide bonds. The third-order valence-corrected chi connectivity index (χ3v) is 6.48. The first-order valence-corrected chi connectivity index (χ1v) is 12.2. The number of ether oxygens (including phenoxy) is 2. The van der Waals surface area contributed by atoms with Gasteiger partial charge in [0.25, 0.3) is 0 Å². The molecule has 7 nitrogen and oxygen atoms in total. The third-order valence-electron chi connectivity index (χ3n) is 5.30. The molecule has 1 aliphatic heterocycles. The Bertz CT molecular complexity index is 1090. The first kappa shape index (κ1) is 23.8. The molecule has 1 heterocycles. The molecule has 1 aliphatic rings. The van der Waals surface area contributed by atoms with Gasteiger partial charge in [0.1, 0.15) is 22.9 Å². The number of benzene rings is 2. The summed E-state index contributed by atoms with van der Waals surface area (Å²) < 4.78 is 50.8. The summed E-state index contributed by atoms with van der Waals surface area (Å²) in [4.78, 5) is 12.7. The Hall–Kier alpha value is -2.81. The predicted molar refractivity (Wildman–Crippen MR) is 121 cm³/mol. The van der Waals surface area contributed by atoms with Crippen LogP contribution in [0.4, 0.5) is 10.1 Å². The van der Waals surface area contributed by atoms with Gasteiger partial charge in [-0.2, -0.15) is 0 Å². The van der Waals surface area contributed by atoms with Crippen LogP contribution >= 0.6 is 0 Å². The van der Waals surface area contributed by atoms with Gasteiger partial charge in [-0.05, 0) is 50.6 Å². The first-order chi connectivity index (χ1) is 15.0. The molecule has 2 aromatic carbocycles. The smallest absolute Gasteiger partial charge is 0.232 e. The lowest BCUT2D eigenvalue weighted by molar-refractivity contribution is -0.122. The van der Waals surface area contributed by atoms with Crippen molar-refractivity contribution in [2.75, 3.05) is 24.2 Å². The zero-order valence-electron chi connectivity index (χ0n) is 18.7. The molecule has 2 aromatic rings. The largest absolute Gasteiger partial charge is 0.497 e. The van der Waals surface area contributed by atoms with Gasteiger partial charge in [-0.3, -0.25) is 9.10 Å². The third kappa shape index (κ3) is 5.70. The van der Waals surface area contributed by atoms with Crippen LogP contribution in [-0.2, 0) is 14.8 Å². The summed E-state index contributed by atoms with van der Waals surface area (Å²) in [6.45, 7) is 3.91. The quantitative estimate of drug-likeness (QED) is 0.642. The number of amides is 1. The van der Waals surface area contributed by atoms with Crippen molar-refractivity contribution in [1.82, 2.24) is 5.32 Å². The molecule has 174 valence electrons.